The summed E-state index contributed by atoms with van der Waals surface area (Å²) in [5, 5.41) is 16.3. The van der Waals surface area contributed by atoms with Crippen LogP contribution in [-0.2, 0) is 0 Å². The van der Waals surface area contributed by atoms with Crippen molar-refractivity contribution in [3.63, 3.8) is 0 Å². The smallest absolute Gasteiger partial charge is 0.345 e. The molecular weight excluding hydrogens is 176 g/mol. The number of H-pyrrole nitrogens is 1. The summed E-state index contributed by atoms with van der Waals surface area (Å²) in [6, 6.07) is 1.64. The van der Waals surface area contributed by atoms with Gasteiger partial charge in [-0.15, -0.1) is 11.3 Å². The summed E-state index contributed by atoms with van der Waals surface area (Å²) in [6.45, 7) is 1.87. The molecule has 0 unspecified atom stereocenters. The maximum atomic E-state index is 10.6. The molecule has 12 heavy (non-hydrogen) atoms. The maximum Gasteiger partial charge on any atom is 0.345 e. The molecule has 0 amide bonds. The minimum atomic E-state index is -0.891. The van der Waals surface area contributed by atoms with Crippen molar-refractivity contribution in [1.29, 1.82) is 0 Å². The van der Waals surface area contributed by atoms with Crippen LogP contribution in [0.4, 0.5) is 0 Å². The van der Waals surface area contributed by atoms with Gasteiger partial charge in [0.2, 0.25) is 0 Å². The minimum absolute atomic E-state index is 0.338. The van der Waals surface area contributed by atoms with Gasteiger partial charge in [0, 0.05) is 11.1 Å². The summed E-state index contributed by atoms with van der Waals surface area (Å²) in [7, 11) is 0. The van der Waals surface area contributed by atoms with Crippen LogP contribution in [0.25, 0.3) is 10.2 Å². The molecule has 5 heteroatoms. The number of carboxylic acid groups (broad SMARTS) is 1. The Morgan fingerprint density at radius 1 is 1.75 bits per heavy atom. The van der Waals surface area contributed by atoms with Crippen LogP contribution in [0.2, 0.25) is 0 Å². The summed E-state index contributed by atoms with van der Waals surface area (Å²) in [6.07, 6.45) is 0. The van der Waals surface area contributed by atoms with Crippen molar-refractivity contribution in [3.05, 3.63) is 16.6 Å². The van der Waals surface area contributed by atoms with Gasteiger partial charge in [-0.25, -0.2) is 4.79 Å². The lowest BCUT2D eigenvalue weighted by Gasteiger charge is -1.82. The largest absolute Gasteiger partial charge is 0.477 e. The number of rotatable bonds is 1. The minimum Gasteiger partial charge on any atom is -0.477 e. The predicted molar refractivity (Wildman–Crippen MR) is 45.7 cm³/mol. The van der Waals surface area contributed by atoms with E-state index in [2.05, 4.69) is 10.2 Å². The van der Waals surface area contributed by atoms with E-state index < -0.39 is 5.97 Å². The monoisotopic (exact) mass is 182 g/mol. The van der Waals surface area contributed by atoms with Crippen molar-refractivity contribution in [2.75, 3.05) is 0 Å². The summed E-state index contributed by atoms with van der Waals surface area (Å²) < 4.78 is 0. The van der Waals surface area contributed by atoms with Gasteiger partial charge in [0.1, 0.15) is 9.71 Å². The molecule has 0 radical (unpaired) electrons. The number of aromatic nitrogens is 2. The molecule has 0 aliphatic heterocycles. The fraction of sp³-hybridized carbons (Fsp3) is 0.143. The van der Waals surface area contributed by atoms with Gasteiger partial charge in [0.15, 0.2) is 0 Å². The summed E-state index contributed by atoms with van der Waals surface area (Å²) in [4.78, 5) is 11.6. The number of aryl methyl sites for hydroxylation is 1. The van der Waals surface area contributed by atoms with Crippen LogP contribution in [0.5, 0.6) is 0 Å². The van der Waals surface area contributed by atoms with Crippen molar-refractivity contribution >= 4 is 27.5 Å². The topological polar surface area (TPSA) is 66.0 Å². The highest BCUT2D eigenvalue weighted by Gasteiger charge is 2.11. The van der Waals surface area contributed by atoms with E-state index in [0.29, 0.717) is 4.88 Å². The fourth-order valence-electron chi connectivity index (χ4n) is 1.03. The van der Waals surface area contributed by atoms with Crippen molar-refractivity contribution in [2.45, 2.75) is 6.92 Å². The van der Waals surface area contributed by atoms with E-state index in [-0.39, 0.29) is 0 Å². The van der Waals surface area contributed by atoms with Gasteiger partial charge in [-0.1, -0.05) is 0 Å². The molecule has 0 atom stereocenters. The Morgan fingerprint density at radius 2 is 2.50 bits per heavy atom. The molecule has 0 aliphatic carbocycles. The van der Waals surface area contributed by atoms with Gasteiger partial charge in [-0.3, -0.25) is 5.10 Å². The summed E-state index contributed by atoms with van der Waals surface area (Å²) in [5.74, 6) is -0.891. The molecule has 0 aliphatic rings. The van der Waals surface area contributed by atoms with E-state index in [1.165, 1.54) is 11.3 Å². The van der Waals surface area contributed by atoms with Crippen molar-refractivity contribution in [3.8, 4) is 0 Å². The van der Waals surface area contributed by atoms with E-state index in [4.69, 9.17) is 5.11 Å². The molecular formula is C7H6N2O2S. The number of nitrogens with one attached hydrogen (secondary N) is 1. The number of nitrogens with zero attached hydrogens (tertiary/aromatic N) is 1. The second kappa shape index (κ2) is 2.31. The van der Waals surface area contributed by atoms with Gasteiger partial charge in [0.05, 0.1) is 0 Å². The zero-order valence-corrected chi connectivity index (χ0v) is 7.10. The number of thiophene rings is 1. The lowest BCUT2D eigenvalue weighted by atomic mass is 10.3. The van der Waals surface area contributed by atoms with Gasteiger partial charge in [-0.2, -0.15) is 5.10 Å². The molecule has 0 fully saturated rings. The molecule has 0 saturated carbocycles. The number of aromatic amines is 1. The Bertz CT molecular complexity index is 443. The fourth-order valence-corrected chi connectivity index (χ4v) is 1.92. The zero-order chi connectivity index (χ0) is 8.72. The van der Waals surface area contributed by atoms with E-state index in [9.17, 15) is 4.79 Å². The first kappa shape index (κ1) is 7.30. The van der Waals surface area contributed by atoms with E-state index in [0.717, 1.165) is 15.9 Å². The Hall–Kier alpha value is -1.36. The van der Waals surface area contributed by atoms with Crippen LogP contribution < -0.4 is 0 Å². The molecule has 0 bridgehead atoms. The first-order valence-electron chi connectivity index (χ1n) is 3.36. The molecule has 2 aromatic heterocycles. The highest BCUT2D eigenvalue weighted by molar-refractivity contribution is 7.20. The second-order valence-corrected chi connectivity index (χ2v) is 3.51. The Kier molecular flexibility index (Phi) is 1.41. The van der Waals surface area contributed by atoms with Crippen molar-refractivity contribution in [1.82, 2.24) is 10.2 Å². The Labute approximate surface area is 71.8 Å². The molecule has 0 aromatic carbocycles. The van der Waals surface area contributed by atoms with E-state index in [1.807, 2.05) is 6.92 Å². The highest BCUT2D eigenvalue weighted by atomic mass is 32.1. The first-order chi connectivity index (χ1) is 5.68. The third-order valence-corrected chi connectivity index (χ3v) is 2.67. The van der Waals surface area contributed by atoms with Crippen LogP contribution in [0.1, 0.15) is 15.4 Å². The predicted octanol–water partition coefficient (Wildman–Crippen LogP) is 1.63. The number of fused-ring (bicyclic) bond motifs is 1. The van der Waals surface area contributed by atoms with Crippen molar-refractivity contribution in [2.24, 2.45) is 0 Å². The maximum absolute atomic E-state index is 10.6. The lowest BCUT2D eigenvalue weighted by molar-refractivity contribution is 0.0702. The number of aromatic carboxylic acids is 1. The first-order valence-corrected chi connectivity index (χ1v) is 4.18. The van der Waals surface area contributed by atoms with Gasteiger partial charge in [-0.05, 0) is 13.0 Å². The molecule has 2 rings (SSSR count). The number of hydrogen-bond donors (Lipinski definition) is 2. The van der Waals surface area contributed by atoms with Crippen LogP contribution in [0.15, 0.2) is 6.07 Å². The third-order valence-electron chi connectivity index (χ3n) is 1.65. The quantitative estimate of drug-likeness (QED) is 0.704. The lowest BCUT2D eigenvalue weighted by Crippen LogP contribution is -1.89. The average Bonchev–Trinajstić information content (AvgIpc) is 2.53. The number of carboxylic acids is 1. The molecule has 2 aromatic rings. The Balaban J connectivity index is 2.70. The number of hydrogen-bond acceptors (Lipinski definition) is 3. The van der Waals surface area contributed by atoms with Crippen LogP contribution in [0, 0.1) is 6.92 Å². The van der Waals surface area contributed by atoms with Gasteiger partial charge < -0.3 is 5.11 Å². The Morgan fingerprint density at radius 3 is 3.08 bits per heavy atom. The normalized spacial score (nSPS) is 10.8. The van der Waals surface area contributed by atoms with E-state index in [1.54, 1.807) is 6.07 Å². The van der Waals surface area contributed by atoms with Gasteiger partial charge >= 0.3 is 5.97 Å². The standard InChI is InChI=1S/C7H6N2O2S/c1-3-4-2-5(7(10)11)12-6(4)9-8-3/h2H,1H3,(H,8,9)(H,10,11). The average molecular weight is 182 g/mol. The summed E-state index contributed by atoms with van der Waals surface area (Å²) in [5.41, 5.74) is 0.911. The molecule has 0 spiro atoms. The molecule has 62 valence electrons. The van der Waals surface area contributed by atoms with Crippen LogP contribution in [-0.4, -0.2) is 21.3 Å². The number of carbonyl (C=O) groups is 1. The third kappa shape index (κ3) is 0.902. The highest BCUT2D eigenvalue weighted by Crippen LogP contribution is 2.25. The second-order valence-electron chi connectivity index (χ2n) is 2.48. The summed E-state index contributed by atoms with van der Waals surface area (Å²) >= 11 is 1.18. The zero-order valence-electron chi connectivity index (χ0n) is 6.29. The van der Waals surface area contributed by atoms with Crippen LogP contribution in [0.3, 0.4) is 0 Å². The van der Waals surface area contributed by atoms with Crippen LogP contribution >= 0.6 is 11.3 Å². The molecule has 2 N–H and O–H groups in total. The SMILES string of the molecule is Cc1[nH]nc2sc(C(=O)O)cc12. The van der Waals surface area contributed by atoms with Crippen molar-refractivity contribution < 1.29 is 9.90 Å². The molecule has 4 nitrogen and oxygen atoms in total. The molecule has 2 heterocycles. The van der Waals surface area contributed by atoms with Gasteiger partial charge in [0.25, 0.3) is 0 Å². The van der Waals surface area contributed by atoms with E-state index >= 15 is 0 Å². The molecule has 0 saturated heterocycles.